The van der Waals surface area contributed by atoms with Crippen LogP contribution in [0.3, 0.4) is 0 Å². The molecule has 0 radical (unpaired) electrons. The van der Waals surface area contributed by atoms with E-state index in [1.54, 1.807) is 0 Å². The number of carbonyl (C=O) groups excluding carboxylic acids is 1. The van der Waals surface area contributed by atoms with Gasteiger partial charge in [-0.15, -0.1) is 0 Å². The SMILES string of the molecule is CCOC(=O)c1nc(C(F)F)cc(F)c1C#N. The minimum Gasteiger partial charge on any atom is -0.461 e. The molecule has 0 atom stereocenters. The number of alkyl halides is 2. The van der Waals surface area contributed by atoms with Crippen molar-refractivity contribution in [2.45, 2.75) is 13.3 Å². The second-order valence-electron chi connectivity index (χ2n) is 2.89. The Balaban J connectivity index is 3.35. The van der Waals surface area contributed by atoms with Crippen molar-refractivity contribution in [3.63, 3.8) is 0 Å². The van der Waals surface area contributed by atoms with E-state index >= 15 is 0 Å². The van der Waals surface area contributed by atoms with Crippen molar-refractivity contribution in [1.29, 1.82) is 5.26 Å². The molecule has 0 spiro atoms. The van der Waals surface area contributed by atoms with Gasteiger partial charge in [-0.25, -0.2) is 22.9 Å². The maximum Gasteiger partial charge on any atom is 0.358 e. The molecule has 0 bridgehead atoms. The summed E-state index contributed by atoms with van der Waals surface area (Å²) in [5.41, 5.74) is -2.35. The van der Waals surface area contributed by atoms with E-state index in [1.165, 1.54) is 13.0 Å². The lowest BCUT2D eigenvalue weighted by atomic mass is 10.1. The summed E-state index contributed by atoms with van der Waals surface area (Å²) in [6, 6.07) is 1.81. The van der Waals surface area contributed by atoms with E-state index < -0.39 is 35.2 Å². The highest BCUT2D eigenvalue weighted by atomic mass is 19.3. The Bertz CT molecular complexity index is 483. The molecule has 1 heterocycles. The molecule has 1 aromatic rings. The van der Waals surface area contributed by atoms with Gasteiger partial charge in [-0.3, -0.25) is 0 Å². The van der Waals surface area contributed by atoms with E-state index in [0.29, 0.717) is 6.07 Å². The fraction of sp³-hybridized carbons (Fsp3) is 0.300. The van der Waals surface area contributed by atoms with Crippen LogP contribution in [0.25, 0.3) is 0 Å². The van der Waals surface area contributed by atoms with Crippen LogP contribution in [-0.2, 0) is 4.74 Å². The van der Waals surface area contributed by atoms with Gasteiger partial charge in [0.1, 0.15) is 23.1 Å². The van der Waals surface area contributed by atoms with Gasteiger partial charge >= 0.3 is 5.97 Å². The van der Waals surface area contributed by atoms with Crippen LogP contribution in [0.5, 0.6) is 0 Å². The molecule has 4 nitrogen and oxygen atoms in total. The Morgan fingerprint density at radius 2 is 2.29 bits per heavy atom. The molecule has 1 rings (SSSR count). The maximum atomic E-state index is 13.3. The van der Waals surface area contributed by atoms with Crippen molar-refractivity contribution in [2.75, 3.05) is 6.61 Å². The molecule has 0 saturated carbocycles. The number of carbonyl (C=O) groups is 1. The first-order valence-corrected chi connectivity index (χ1v) is 4.57. The summed E-state index contributed by atoms with van der Waals surface area (Å²) in [6.07, 6.45) is -3.04. The van der Waals surface area contributed by atoms with Gasteiger partial charge in [0.15, 0.2) is 5.69 Å². The molecule has 0 saturated heterocycles. The number of rotatable bonds is 3. The van der Waals surface area contributed by atoms with E-state index in [2.05, 4.69) is 9.72 Å². The molecule has 7 heteroatoms. The van der Waals surface area contributed by atoms with E-state index in [-0.39, 0.29) is 6.61 Å². The number of hydrogen-bond acceptors (Lipinski definition) is 4. The smallest absolute Gasteiger partial charge is 0.358 e. The van der Waals surface area contributed by atoms with E-state index in [1.807, 2.05) is 0 Å². The predicted octanol–water partition coefficient (Wildman–Crippen LogP) is 2.21. The van der Waals surface area contributed by atoms with Crippen LogP contribution >= 0.6 is 0 Å². The molecule has 0 fully saturated rings. The molecule has 17 heavy (non-hydrogen) atoms. The zero-order valence-corrected chi connectivity index (χ0v) is 8.71. The normalized spacial score (nSPS) is 10.1. The monoisotopic (exact) mass is 244 g/mol. The van der Waals surface area contributed by atoms with Crippen LogP contribution in [0, 0.1) is 17.1 Å². The summed E-state index contributed by atoms with van der Waals surface area (Å²) >= 11 is 0. The Kier molecular flexibility index (Phi) is 4.04. The number of nitrogens with zero attached hydrogens (tertiary/aromatic N) is 2. The van der Waals surface area contributed by atoms with E-state index in [9.17, 15) is 18.0 Å². The van der Waals surface area contributed by atoms with Gasteiger partial charge in [-0.05, 0) is 6.92 Å². The van der Waals surface area contributed by atoms with Gasteiger partial charge < -0.3 is 4.74 Å². The van der Waals surface area contributed by atoms with Gasteiger partial charge in [0.25, 0.3) is 6.43 Å². The van der Waals surface area contributed by atoms with Gasteiger partial charge in [0.2, 0.25) is 0 Å². The third-order valence-corrected chi connectivity index (χ3v) is 1.80. The zero-order chi connectivity index (χ0) is 13.0. The quantitative estimate of drug-likeness (QED) is 0.764. The Morgan fingerprint density at radius 1 is 1.65 bits per heavy atom. The average molecular weight is 244 g/mol. The highest BCUT2D eigenvalue weighted by molar-refractivity contribution is 5.90. The highest BCUT2D eigenvalue weighted by Gasteiger charge is 2.22. The second kappa shape index (κ2) is 5.30. The van der Waals surface area contributed by atoms with Gasteiger partial charge in [0.05, 0.1) is 6.61 Å². The van der Waals surface area contributed by atoms with Crippen molar-refractivity contribution in [2.24, 2.45) is 0 Å². The summed E-state index contributed by atoms with van der Waals surface area (Å²) in [4.78, 5) is 14.5. The molecular weight excluding hydrogens is 237 g/mol. The van der Waals surface area contributed by atoms with Crippen LogP contribution in [0.15, 0.2) is 6.07 Å². The van der Waals surface area contributed by atoms with Crippen LogP contribution in [0.1, 0.15) is 35.1 Å². The molecule has 0 N–H and O–H groups in total. The highest BCUT2D eigenvalue weighted by Crippen LogP contribution is 2.21. The third-order valence-electron chi connectivity index (χ3n) is 1.80. The Labute approximate surface area is 94.6 Å². The van der Waals surface area contributed by atoms with Gasteiger partial charge in [0, 0.05) is 6.07 Å². The van der Waals surface area contributed by atoms with Crippen LogP contribution in [0.4, 0.5) is 13.2 Å². The van der Waals surface area contributed by atoms with Crippen LogP contribution in [0.2, 0.25) is 0 Å². The fourth-order valence-electron chi connectivity index (χ4n) is 1.10. The summed E-state index contributed by atoms with van der Waals surface area (Å²) in [5, 5.41) is 8.62. The number of halogens is 3. The number of hydrogen-bond donors (Lipinski definition) is 0. The maximum absolute atomic E-state index is 13.3. The molecule has 0 aromatic carbocycles. The predicted molar refractivity (Wildman–Crippen MR) is 49.8 cm³/mol. The molecule has 1 aromatic heterocycles. The number of pyridine rings is 1. The Hall–Kier alpha value is -2.10. The minimum absolute atomic E-state index is 0.0358. The van der Waals surface area contributed by atoms with E-state index in [4.69, 9.17) is 5.26 Å². The van der Waals surface area contributed by atoms with Crippen LogP contribution in [-0.4, -0.2) is 17.6 Å². The summed E-state index contributed by atoms with van der Waals surface area (Å²) in [6.45, 7) is 1.45. The first-order valence-electron chi connectivity index (χ1n) is 4.57. The van der Waals surface area contributed by atoms with Crippen LogP contribution < -0.4 is 0 Å². The minimum atomic E-state index is -3.04. The lowest BCUT2D eigenvalue weighted by molar-refractivity contribution is 0.0516. The van der Waals surface area contributed by atoms with E-state index in [0.717, 1.165) is 0 Å². The fourth-order valence-corrected chi connectivity index (χ4v) is 1.10. The lowest BCUT2D eigenvalue weighted by Gasteiger charge is -2.06. The lowest BCUT2D eigenvalue weighted by Crippen LogP contribution is -2.13. The van der Waals surface area contributed by atoms with Crippen molar-refractivity contribution >= 4 is 5.97 Å². The summed E-state index contributed by atoms with van der Waals surface area (Å²) in [7, 11) is 0. The summed E-state index contributed by atoms with van der Waals surface area (Å²) in [5.74, 6) is -2.33. The zero-order valence-electron chi connectivity index (χ0n) is 8.71. The molecule has 90 valence electrons. The number of aromatic nitrogens is 1. The number of nitriles is 1. The van der Waals surface area contributed by atoms with Crippen molar-refractivity contribution < 1.29 is 22.7 Å². The topological polar surface area (TPSA) is 63.0 Å². The molecule has 0 aliphatic carbocycles. The van der Waals surface area contributed by atoms with Crippen molar-refractivity contribution in [1.82, 2.24) is 4.98 Å². The van der Waals surface area contributed by atoms with Crippen molar-refractivity contribution in [3.05, 3.63) is 28.8 Å². The third kappa shape index (κ3) is 2.72. The first-order chi connectivity index (χ1) is 8.01. The Morgan fingerprint density at radius 3 is 2.76 bits per heavy atom. The molecular formula is C10H7F3N2O2. The second-order valence-corrected chi connectivity index (χ2v) is 2.89. The molecule has 0 unspecified atom stereocenters. The standard InChI is InChI=1S/C10H7F3N2O2/c1-2-17-10(16)8-5(4-14)6(11)3-7(15-8)9(12)13/h3,9H,2H2,1H3. The first kappa shape index (κ1) is 13.0. The molecule has 0 aliphatic heterocycles. The molecule has 0 amide bonds. The number of ether oxygens (including phenoxy) is 1. The van der Waals surface area contributed by atoms with Gasteiger partial charge in [-0.2, -0.15) is 5.26 Å². The number of esters is 1. The van der Waals surface area contributed by atoms with Gasteiger partial charge in [-0.1, -0.05) is 0 Å². The largest absolute Gasteiger partial charge is 0.461 e. The molecule has 0 aliphatic rings. The summed E-state index contributed by atoms with van der Waals surface area (Å²) < 4.78 is 42.5. The average Bonchev–Trinajstić information content (AvgIpc) is 2.28. The van der Waals surface area contributed by atoms with Crippen molar-refractivity contribution in [3.8, 4) is 6.07 Å².